The van der Waals surface area contributed by atoms with E-state index >= 15 is 0 Å². The van der Waals surface area contributed by atoms with Crippen LogP contribution in [0.1, 0.15) is 5.56 Å². The van der Waals surface area contributed by atoms with Gasteiger partial charge in [-0.15, -0.1) is 0 Å². The molecule has 1 aromatic heterocycles. The Bertz CT molecular complexity index is 1070. The molecule has 0 aliphatic heterocycles. The number of aromatic nitrogens is 1. The fraction of sp³-hybridized carbons (Fsp3) is 0.0476. The van der Waals surface area contributed by atoms with Gasteiger partial charge in [0.25, 0.3) is 0 Å². The van der Waals surface area contributed by atoms with Gasteiger partial charge in [-0.25, -0.2) is 0 Å². The van der Waals surface area contributed by atoms with Crippen LogP contribution in [0.15, 0.2) is 88.1 Å². The van der Waals surface area contributed by atoms with Crippen molar-refractivity contribution in [1.82, 2.24) is 0 Å². The molecule has 0 saturated heterocycles. The number of hydrogen-bond acceptors (Lipinski definition) is 2. The summed E-state index contributed by atoms with van der Waals surface area (Å²) in [4.78, 5) is 12.8. The van der Waals surface area contributed by atoms with Crippen LogP contribution in [0.25, 0.3) is 27.9 Å². The number of benzene rings is 3. The number of fused-ring (bicyclic) bond motifs is 1. The Kier molecular flexibility index (Phi) is 3.47. The van der Waals surface area contributed by atoms with Crippen LogP contribution < -0.4 is 10.3 Å². The van der Waals surface area contributed by atoms with Crippen LogP contribution in [-0.2, 0) is 0 Å². The Balaban J connectivity index is 2.20. The van der Waals surface area contributed by atoms with E-state index in [9.17, 15) is 4.79 Å². The highest BCUT2D eigenvalue weighted by molar-refractivity contribution is 5.91. The summed E-state index contributed by atoms with van der Waals surface area (Å²) in [6.45, 7) is 1.95. The van der Waals surface area contributed by atoms with Gasteiger partial charge in [0.15, 0.2) is 5.58 Å². The van der Waals surface area contributed by atoms with Crippen LogP contribution in [0, 0.1) is 6.92 Å². The quantitative estimate of drug-likeness (QED) is 0.523. The van der Waals surface area contributed by atoms with Crippen molar-refractivity contribution in [2.75, 3.05) is 0 Å². The maximum absolute atomic E-state index is 12.8. The first-order valence-electron chi connectivity index (χ1n) is 7.85. The molecule has 0 N–H and O–H groups in total. The first-order chi connectivity index (χ1) is 11.8. The molecule has 3 aromatic carbocycles. The van der Waals surface area contributed by atoms with Crippen molar-refractivity contribution in [1.29, 1.82) is 0 Å². The third kappa shape index (κ3) is 2.31. The Morgan fingerprint density at radius 1 is 0.792 bits per heavy atom. The zero-order chi connectivity index (χ0) is 16.5. The highest BCUT2D eigenvalue weighted by atomic mass is 16.4. The van der Waals surface area contributed by atoms with E-state index < -0.39 is 0 Å². The smallest absolute Gasteiger partial charge is 0.371 e. The van der Waals surface area contributed by atoms with Crippen LogP contribution in [-0.4, -0.2) is 0 Å². The lowest BCUT2D eigenvalue weighted by atomic mass is 10.0. The molecule has 0 atom stereocenters. The van der Waals surface area contributed by atoms with E-state index in [0.717, 1.165) is 27.9 Å². The zero-order valence-corrected chi connectivity index (χ0v) is 13.3. The lowest BCUT2D eigenvalue weighted by Crippen LogP contribution is -2.49. The zero-order valence-electron chi connectivity index (χ0n) is 13.3. The molecule has 0 unspecified atom stereocenters. The van der Waals surface area contributed by atoms with Gasteiger partial charge in [-0.2, -0.15) is 4.79 Å². The van der Waals surface area contributed by atoms with Gasteiger partial charge in [0.05, 0.1) is 5.39 Å². The second-order valence-electron chi connectivity index (χ2n) is 5.71. The SMILES string of the molecule is Cc1cccc2c(-c3ccccc3)[n+](-c3ccccc3)c(=O)oc12. The molecule has 0 spiro atoms. The highest BCUT2D eigenvalue weighted by Crippen LogP contribution is 2.26. The number of nitrogens with zero attached hydrogens (tertiary/aromatic N) is 1. The van der Waals surface area contributed by atoms with E-state index in [1.807, 2.05) is 85.8 Å². The second-order valence-corrected chi connectivity index (χ2v) is 5.71. The summed E-state index contributed by atoms with van der Waals surface area (Å²) in [7, 11) is 0. The van der Waals surface area contributed by atoms with E-state index in [4.69, 9.17) is 4.42 Å². The van der Waals surface area contributed by atoms with Crippen LogP contribution in [0.3, 0.4) is 0 Å². The standard InChI is InChI=1S/C21H16NO2/c1-15-9-8-14-18-19(16-10-4-2-5-11-16)22(21(23)24-20(15)18)17-12-6-3-7-13-17/h2-14H,1H3/q+1. The second kappa shape index (κ2) is 5.78. The van der Waals surface area contributed by atoms with Gasteiger partial charge in [0.1, 0.15) is 0 Å². The molecule has 0 amide bonds. The minimum atomic E-state index is -0.387. The largest absolute Gasteiger partial charge is 0.608 e. The van der Waals surface area contributed by atoms with Crippen molar-refractivity contribution >= 4 is 11.0 Å². The summed E-state index contributed by atoms with van der Waals surface area (Å²) in [6, 6.07) is 25.4. The predicted octanol–water partition coefficient (Wildman–Crippen LogP) is 4.05. The lowest BCUT2D eigenvalue weighted by molar-refractivity contribution is -0.612. The predicted molar refractivity (Wildman–Crippen MR) is 94.2 cm³/mol. The summed E-state index contributed by atoms with van der Waals surface area (Å²) < 4.78 is 7.28. The monoisotopic (exact) mass is 314 g/mol. The molecule has 1 heterocycles. The van der Waals surface area contributed by atoms with Crippen molar-refractivity contribution in [3.05, 3.63) is 95.0 Å². The van der Waals surface area contributed by atoms with Gasteiger partial charge in [0.2, 0.25) is 11.4 Å². The molecule has 0 bridgehead atoms. The van der Waals surface area contributed by atoms with Crippen molar-refractivity contribution in [3.63, 3.8) is 0 Å². The fourth-order valence-electron chi connectivity index (χ4n) is 3.01. The molecule has 0 radical (unpaired) electrons. The molecule has 4 rings (SSSR count). The molecule has 4 aromatic rings. The third-order valence-corrected chi connectivity index (χ3v) is 4.12. The van der Waals surface area contributed by atoms with Gasteiger partial charge in [0, 0.05) is 17.7 Å². The fourth-order valence-corrected chi connectivity index (χ4v) is 3.01. The Morgan fingerprint density at radius 3 is 2.17 bits per heavy atom. The van der Waals surface area contributed by atoms with E-state index in [0.29, 0.717) is 5.58 Å². The van der Waals surface area contributed by atoms with E-state index in [2.05, 4.69) is 0 Å². The summed E-state index contributed by atoms with van der Waals surface area (Å²) in [5.74, 6) is -0.387. The Morgan fingerprint density at radius 2 is 1.46 bits per heavy atom. The van der Waals surface area contributed by atoms with Gasteiger partial charge in [-0.3, -0.25) is 0 Å². The van der Waals surface area contributed by atoms with Gasteiger partial charge in [-0.1, -0.05) is 53.1 Å². The lowest BCUT2D eigenvalue weighted by Gasteiger charge is -2.07. The number of aryl methyl sites for hydroxylation is 1. The van der Waals surface area contributed by atoms with E-state index in [-0.39, 0.29) is 5.76 Å². The van der Waals surface area contributed by atoms with Crippen molar-refractivity contribution < 1.29 is 8.98 Å². The molecule has 3 nitrogen and oxygen atoms in total. The average molecular weight is 314 g/mol. The van der Waals surface area contributed by atoms with Crippen LogP contribution in [0.5, 0.6) is 0 Å². The molecule has 116 valence electrons. The normalized spacial score (nSPS) is 10.9. The maximum Gasteiger partial charge on any atom is 0.608 e. The van der Waals surface area contributed by atoms with Crippen molar-refractivity contribution in [2.24, 2.45) is 0 Å². The molecule has 0 aliphatic carbocycles. The minimum absolute atomic E-state index is 0.387. The summed E-state index contributed by atoms with van der Waals surface area (Å²) in [5.41, 5.74) is 4.19. The molecular formula is C21H16NO2+. The van der Waals surface area contributed by atoms with E-state index in [1.165, 1.54) is 0 Å². The first-order valence-corrected chi connectivity index (χ1v) is 7.85. The third-order valence-electron chi connectivity index (χ3n) is 4.12. The van der Waals surface area contributed by atoms with E-state index in [1.54, 1.807) is 4.57 Å². The molecule has 0 saturated carbocycles. The summed E-state index contributed by atoms with van der Waals surface area (Å²) in [6.07, 6.45) is 0. The first kappa shape index (κ1) is 14.4. The number of hydrogen-bond donors (Lipinski definition) is 0. The van der Waals surface area contributed by atoms with Crippen LogP contribution in [0.2, 0.25) is 0 Å². The Hall–Kier alpha value is -3.20. The molecule has 24 heavy (non-hydrogen) atoms. The average Bonchev–Trinajstić information content (AvgIpc) is 2.63. The summed E-state index contributed by atoms with van der Waals surface area (Å²) in [5, 5.41) is 0.921. The molecule has 0 aliphatic rings. The number of rotatable bonds is 2. The van der Waals surface area contributed by atoms with Gasteiger partial charge >= 0.3 is 5.76 Å². The van der Waals surface area contributed by atoms with Crippen LogP contribution in [0.4, 0.5) is 0 Å². The van der Waals surface area contributed by atoms with Gasteiger partial charge in [-0.05, 0) is 30.7 Å². The molecular weight excluding hydrogens is 298 g/mol. The number of para-hydroxylation sites is 2. The van der Waals surface area contributed by atoms with Gasteiger partial charge < -0.3 is 4.42 Å². The maximum atomic E-state index is 12.8. The molecule has 3 heteroatoms. The molecule has 0 fully saturated rings. The topological polar surface area (TPSA) is 34.1 Å². The summed E-state index contributed by atoms with van der Waals surface area (Å²) >= 11 is 0. The van der Waals surface area contributed by atoms with Crippen LogP contribution >= 0.6 is 0 Å². The minimum Gasteiger partial charge on any atom is -0.371 e. The van der Waals surface area contributed by atoms with Crippen molar-refractivity contribution in [2.45, 2.75) is 6.92 Å². The van der Waals surface area contributed by atoms with Crippen molar-refractivity contribution in [3.8, 4) is 16.9 Å². The highest BCUT2D eigenvalue weighted by Gasteiger charge is 2.26. The Labute approximate surface area is 139 Å².